The van der Waals surface area contributed by atoms with Crippen LogP contribution in [0, 0.1) is 5.82 Å². The number of nitrogens with one attached hydrogen (secondary N) is 1. The lowest BCUT2D eigenvalue weighted by molar-refractivity contribution is -0.377. The highest BCUT2D eigenvalue weighted by molar-refractivity contribution is 9.10. The van der Waals surface area contributed by atoms with Crippen molar-refractivity contribution in [2.24, 2.45) is 0 Å². The first-order valence-electron chi connectivity index (χ1n) is 7.70. The third-order valence-corrected chi connectivity index (χ3v) is 4.56. The van der Waals surface area contributed by atoms with Gasteiger partial charge in [0, 0.05) is 44.0 Å². The first-order valence-corrected chi connectivity index (χ1v) is 8.49. The van der Waals surface area contributed by atoms with Crippen molar-refractivity contribution in [3.05, 3.63) is 53.0 Å². The predicted octanol–water partition coefficient (Wildman–Crippen LogP) is 2.13. The molecule has 2 aromatic rings. The Bertz CT molecular complexity index is 706. The number of piperazine rings is 1. The fourth-order valence-electron chi connectivity index (χ4n) is 2.63. The van der Waals surface area contributed by atoms with Crippen molar-refractivity contribution in [3.8, 4) is 5.75 Å². The van der Waals surface area contributed by atoms with Crippen molar-refractivity contribution in [3.63, 3.8) is 0 Å². The Labute approximate surface area is 148 Å². The van der Waals surface area contributed by atoms with E-state index in [2.05, 4.69) is 25.8 Å². The molecule has 2 heterocycles. The van der Waals surface area contributed by atoms with Gasteiger partial charge in [-0.2, -0.15) is 0 Å². The molecule has 1 aromatic carbocycles. The van der Waals surface area contributed by atoms with Gasteiger partial charge in [0.2, 0.25) is 0 Å². The molecule has 24 heavy (non-hydrogen) atoms. The van der Waals surface area contributed by atoms with Gasteiger partial charge in [0.05, 0.1) is 4.47 Å². The maximum atomic E-state index is 13.0. The van der Waals surface area contributed by atoms with Gasteiger partial charge in [0.15, 0.2) is 19.0 Å². The third-order valence-electron chi connectivity index (χ3n) is 3.94. The topological polar surface area (TPSA) is 46.9 Å². The van der Waals surface area contributed by atoms with Crippen molar-refractivity contribution in [2.45, 2.75) is 0 Å². The highest BCUT2D eigenvalue weighted by Gasteiger charge is 2.22. The van der Waals surface area contributed by atoms with Gasteiger partial charge < -0.3 is 14.5 Å². The smallest absolute Gasteiger partial charge is 0.260 e. The maximum Gasteiger partial charge on any atom is 0.260 e. The van der Waals surface area contributed by atoms with E-state index in [0.29, 0.717) is 23.3 Å². The van der Waals surface area contributed by atoms with E-state index in [0.717, 1.165) is 18.8 Å². The second-order valence-electron chi connectivity index (χ2n) is 5.49. The minimum absolute atomic E-state index is 0.0511. The Morgan fingerprint density at radius 3 is 2.54 bits per heavy atom. The van der Waals surface area contributed by atoms with Gasteiger partial charge in [-0.25, -0.2) is 9.37 Å². The van der Waals surface area contributed by atoms with Gasteiger partial charge in [0.25, 0.3) is 5.91 Å². The number of anilines is 1. The van der Waals surface area contributed by atoms with Crippen LogP contribution in [0.25, 0.3) is 0 Å². The molecule has 1 amide bonds. The number of H-pyrrole nitrogens is 1. The van der Waals surface area contributed by atoms with E-state index < -0.39 is 0 Å². The average Bonchev–Trinajstić information content (AvgIpc) is 2.62. The van der Waals surface area contributed by atoms with Crippen LogP contribution in [-0.4, -0.2) is 43.6 Å². The van der Waals surface area contributed by atoms with Gasteiger partial charge in [-0.05, 0) is 34.1 Å². The number of carbonyl (C=O) groups excluding carboxylic acids is 1. The summed E-state index contributed by atoms with van der Waals surface area (Å²) in [4.78, 5) is 19.3. The van der Waals surface area contributed by atoms with Crippen LogP contribution in [0.2, 0.25) is 0 Å². The Kier molecular flexibility index (Phi) is 5.30. The third kappa shape index (κ3) is 4.03. The standard InChI is InChI=1S/C17H17BrFN3O2/c18-15-11-13(19)1-2-16(15)24-12-17(23)22-9-7-21(8-10-22)14-3-5-20-6-4-14/h1-6,11H,7-10,12H2/p+1. The fourth-order valence-corrected chi connectivity index (χ4v) is 3.09. The summed E-state index contributed by atoms with van der Waals surface area (Å²) < 4.78 is 19.0. The summed E-state index contributed by atoms with van der Waals surface area (Å²) in [5, 5.41) is 0. The Morgan fingerprint density at radius 1 is 1.17 bits per heavy atom. The zero-order chi connectivity index (χ0) is 16.9. The Hall–Kier alpha value is -2.15. The van der Waals surface area contributed by atoms with Crippen molar-refractivity contribution >= 4 is 27.5 Å². The molecule has 0 radical (unpaired) electrons. The summed E-state index contributed by atoms with van der Waals surface area (Å²) in [5.74, 6) is 0.0476. The van der Waals surface area contributed by atoms with Gasteiger partial charge in [-0.15, -0.1) is 0 Å². The van der Waals surface area contributed by atoms with Gasteiger partial charge >= 0.3 is 0 Å². The Morgan fingerprint density at radius 2 is 1.88 bits per heavy atom. The van der Waals surface area contributed by atoms with E-state index in [4.69, 9.17) is 4.74 Å². The Balaban J connectivity index is 1.50. The number of ether oxygens (including phenoxy) is 1. The van der Waals surface area contributed by atoms with Crippen molar-refractivity contribution in [1.29, 1.82) is 0 Å². The summed E-state index contributed by atoms with van der Waals surface area (Å²) in [6.07, 6.45) is 3.78. The largest absolute Gasteiger partial charge is 0.483 e. The number of aromatic nitrogens is 1. The summed E-state index contributed by atoms with van der Waals surface area (Å²) in [7, 11) is 0. The molecule has 3 rings (SSSR count). The lowest BCUT2D eigenvalue weighted by Gasteiger charge is -2.35. The van der Waals surface area contributed by atoms with Gasteiger partial charge in [-0.3, -0.25) is 4.79 Å². The number of halogens is 2. The number of hydrogen-bond acceptors (Lipinski definition) is 3. The van der Waals surface area contributed by atoms with E-state index in [1.165, 1.54) is 18.2 Å². The number of aromatic amines is 1. The van der Waals surface area contributed by atoms with E-state index >= 15 is 0 Å². The normalized spacial score (nSPS) is 14.6. The molecule has 0 atom stereocenters. The van der Waals surface area contributed by atoms with Crippen LogP contribution >= 0.6 is 15.9 Å². The van der Waals surface area contributed by atoms with Crippen LogP contribution in [0.1, 0.15) is 0 Å². The van der Waals surface area contributed by atoms with Crippen molar-refractivity contribution in [1.82, 2.24) is 4.90 Å². The molecule has 1 aliphatic heterocycles. The zero-order valence-electron chi connectivity index (χ0n) is 13.0. The summed E-state index contributed by atoms with van der Waals surface area (Å²) in [6, 6.07) is 8.17. The number of amides is 1. The van der Waals surface area contributed by atoms with Crippen LogP contribution in [0.3, 0.4) is 0 Å². The minimum Gasteiger partial charge on any atom is -0.483 e. The molecule has 7 heteroatoms. The summed E-state index contributed by atoms with van der Waals surface area (Å²) >= 11 is 3.23. The van der Waals surface area contributed by atoms with Crippen LogP contribution in [0.4, 0.5) is 10.1 Å². The van der Waals surface area contributed by atoms with Crippen molar-refractivity contribution in [2.75, 3.05) is 37.7 Å². The first-order chi connectivity index (χ1) is 11.6. The lowest BCUT2D eigenvalue weighted by Crippen LogP contribution is -2.50. The molecule has 126 valence electrons. The molecular formula is C17H18BrFN3O2+. The highest BCUT2D eigenvalue weighted by Crippen LogP contribution is 2.25. The second-order valence-corrected chi connectivity index (χ2v) is 6.34. The van der Waals surface area contributed by atoms with E-state index in [1.54, 1.807) is 4.90 Å². The molecule has 0 spiro atoms. The highest BCUT2D eigenvalue weighted by atomic mass is 79.9. The van der Waals surface area contributed by atoms with Crippen molar-refractivity contribution < 1.29 is 18.9 Å². The molecule has 1 aliphatic rings. The molecule has 0 aliphatic carbocycles. The zero-order valence-corrected chi connectivity index (χ0v) is 14.6. The molecule has 0 bridgehead atoms. The van der Waals surface area contributed by atoms with Crippen LogP contribution in [0.15, 0.2) is 47.2 Å². The maximum absolute atomic E-state index is 13.0. The molecule has 1 fully saturated rings. The second kappa shape index (κ2) is 7.61. The first kappa shape index (κ1) is 16.7. The number of benzene rings is 1. The molecule has 1 N–H and O–H groups in total. The monoisotopic (exact) mass is 394 g/mol. The molecule has 0 saturated carbocycles. The number of hydrogen-bond donors (Lipinski definition) is 0. The van der Waals surface area contributed by atoms with Gasteiger partial charge in [-0.1, -0.05) is 0 Å². The fraction of sp³-hybridized carbons (Fsp3) is 0.294. The molecule has 1 aromatic heterocycles. The SMILES string of the molecule is O=C(COc1ccc(F)cc1Br)N1CCN(c2cc[nH+]cc2)CC1. The predicted molar refractivity (Wildman–Crippen MR) is 91.4 cm³/mol. The molecule has 1 saturated heterocycles. The average molecular weight is 395 g/mol. The molecular weight excluding hydrogens is 377 g/mol. The van der Waals surface area contributed by atoms with Crippen LogP contribution < -0.4 is 14.6 Å². The molecule has 5 nitrogen and oxygen atoms in total. The number of nitrogens with zero attached hydrogens (tertiary/aromatic N) is 2. The number of carbonyl (C=O) groups is 1. The summed E-state index contributed by atoms with van der Waals surface area (Å²) in [6.45, 7) is 2.84. The quantitative estimate of drug-likeness (QED) is 0.797. The molecule has 0 unspecified atom stereocenters. The van der Waals surface area contributed by atoms with E-state index in [-0.39, 0.29) is 18.3 Å². The summed E-state index contributed by atoms with van der Waals surface area (Å²) in [5.41, 5.74) is 1.15. The van der Waals surface area contributed by atoms with E-state index in [9.17, 15) is 9.18 Å². The van der Waals surface area contributed by atoms with E-state index in [1.807, 2.05) is 24.5 Å². The number of pyridine rings is 1. The minimum atomic E-state index is -0.352. The van der Waals surface area contributed by atoms with Crippen LogP contribution in [0.5, 0.6) is 5.75 Å². The van der Waals surface area contributed by atoms with Crippen LogP contribution in [-0.2, 0) is 4.79 Å². The lowest BCUT2D eigenvalue weighted by atomic mass is 10.2. The van der Waals surface area contributed by atoms with Gasteiger partial charge in [0.1, 0.15) is 11.6 Å². The number of rotatable bonds is 4.